The third kappa shape index (κ3) is 2.65. The zero-order valence-corrected chi connectivity index (χ0v) is 12.1. The lowest BCUT2D eigenvalue weighted by Gasteiger charge is -2.30. The minimum absolute atomic E-state index is 0.0395. The molecule has 0 unspecified atom stereocenters. The van der Waals surface area contributed by atoms with Gasteiger partial charge in [-0.25, -0.2) is 0 Å². The van der Waals surface area contributed by atoms with Crippen molar-refractivity contribution in [2.75, 3.05) is 0 Å². The third-order valence-corrected chi connectivity index (χ3v) is 5.29. The number of hydrogen-bond donors (Lipinski definition) is 0. The minimum atomic E-state index is 0.0395. The lowest BCUT2D eigenvalue weighted by Crippen LogP contribution is -2.23. The Morgan fingerprint density at radius 2 is 1.71 bits per heavy atom. The van der Waals surface area contributed by atoms with Gasteiger partial charge in [0, 0.05) is 34.1 Å². The predicted octanol–water partition coefficient (Wildman–Crippen LogP) is 3.93. The molecule has 0 amide bonds. The van der Waals surface area contributed by atoms with Gasteiger partial charge in [-0.3, -0.25) is 9.97 Å². The highest BCUT2D eigenvalue weighted by atomic mass is 127. The van der Waals surface area contributed by atoms with E-state index >= 15 is 0 Å². The van der Waals surface area contributed by atoms with Crippen LogP contribution in [0.4, 0.5) is 0 Å². The van der Waals surface area contributed by atoms with Gasteiger partial charge < -0.3 is 0 Å². The van der Waals surface area contributed by atoms with E-state index in [0.29, 0.717) is 3.92 Å². The summed E-state index contributed by atoms with van der Waals surface area (Å²) in [6.07, 6.45) is 7.51. The summed E-state index contributed by atoms with van der Waals surface area (Å²) >= 11 is 2.49. The van der Waals surface area contributed by atoms with E-state index in [9.17, 15) is 0 Å². The molecule has 0 saturated heterocycles. The van der Waals surface area contributed by atoms with Crippen LogP contribution >= 0.6 is 22.6 Å². The van der Waals surface area contributed by atoms with Crippen LogP contribution in [0.1, 0.15) is 28.9 Å². The molecule has 1 atom stereocenters. The third-order valence-electron chi connectivity index (χ3n) is 3.02. The maximum absolute atomic E-state index is 4.21. The van der Waals surface area contributed by atoms with E-state index in [4.69, 9.17) is 0 Å². The molecule has 0 spiro atoms. The van der Waals surface area contributed by atoms with E-state index in [1.54, 1.807) is 0 Å². The molecule has 0 aromatic carbocycles. The Morgan fingerprint density at radius 1 is 1.06 bits per heavy atom. The van der Waals surface area contributed by atoms with E-state index in [2.05, 4.69) is 58.5 Å². The molecule has 88 valence electrons. The zero-order valence-electron chi connectivity index (χ0n) is 9.97. The summed E-state index contributed by atoms with van der Waals surface area (Å²) in [6, 6.07) is 8.24. The number of rotatable bonds is 3. The van der Waals surface area contributed by atoms with E-state index in [1.807, 2.05) is 36.9 Å². The first kappa shape index (κ1) is 12.5. The molecule has 2 aromatic rings. The first-order valence-corrected chi connectivity index (χ1v) is 6.81. The van der Waals surface area contributed by atoms with Crippen molar-refractivity contribution in [1.29, 1.82) is 0 Å². The van der Waals surface area contributed by atoms with Crippen LogP contribution in [-0.4, -0.2) is 9.97 Å². The highest BCUT2D eigenvalue weighted by molar-refractivity contribution is 14.1. The highest BCUT2D eigenvalue weighted by Crippen LogP contribution is 2.42. The van der Waals surface area contributed by atoms with Gasteiger partial charge in [0.25, 0.3) is 0 Å². The first-order chi connectivity index (χ1) is 8.12. The average Bonchev–Trinajstić information content (AvgIpc) is 2.40. The van der Waals surface area contributed by atoms with Crippen LogP contribution in [0.15, 0.2) is 49.1 Å². The molecule has 2 heterocycles. The van der Waals surface area contributed by atoms with Gasteiger partial charge in [-0.2, -0.15) is 0 Å². The second-order valence-corrected chi connectivity index (χ2v) is 5.86. The number of nitrogens with zero attached hydrogens (tertiary/aromatic N) is 2. The van der Waals surface area contributed by atoms with Crippen LogP contribution in [0.2, 0.25) is 0 Å². The lowest BCUT2D eigenvalue weighted by molar-refractivity contribution is 0.523. The number of hydrogen-bond acceptors (Lipinski definition) is 2. The number of alkyl halides is 1. The summed E-state index contributed by atoms with van der Waals surface area (Å²) in [5, 5.41) is 0. The van der Waals surface area contributed by atoms with Crippen LogP contribution in [0.25, 0.3) is 0 Å². The van der Waals surface area contributed by atoms with E-state index in [1.165, 1.54) is 11.1 Å². The van der Waals surface area contributed by atoms with Crippen molar-refractivity contribution >= 4 is 22.6 Å². The Hall–Kier alpha value is -0.970. The van der Waals surface area contributed by atoms with E-state index < -0.39 is 0 Å². The summed E-state index contributed by atoms with van der Waals surface area (Å²) in [7, 11) is 0. The number of halogens is 1. The van der Waals surface area contributed by atoms with Crippen LogP contribution in [0.5, 0.6) is 0 Å². The molecule has 0 aliphatic carbocycles. The highest BCUT2D eigenvalue weighted by Gasteiger charge is 2.30. The maximum Gasteiger partial charge on any atom is 0.0466 e. The molecule has 0 saturated carbocycles. The smallest absolute Gasteiger partial charge is 0.0466 e. The van der Waals surface area contributed by atoms with Crippen molar-refractivity contribution in [1.82, 2.24) is 9.97 Å². The summed E-state index contributed by atoms with van der Waals surface area (Å²) in [5.41, 5.74) is 2.54. The molecule has 0 fully saturated rings. The maximum atomic E-state index is 4.21. The van der Waals surface area contributed by atoms with Crippen LogP contribution in [-0.2, 0) is 5.41 Å². The molecule has 0 aliphatic heterocycles. The standard InChI is InChI=1S/C14H15IN2/c1-14(2,12-6-4-8-17-10-12)13(15)11-5-3-7-16-9-11/h3-10,13H,1-2H3/t13-/m0/s1. The topological polar surface area (TPSA) is 25.8 Å². The average molecular weight is 338 g/mol. The van der Waals surface area contributed by atoms with Crippen molar-refractivity contribution in [2.24, 2.45) is 0 Å². The number of aromatic nitrogens is 2. The summed E-state index contributed by atoms with van der Waals surface area (Å²) in [6.45, 7) is 4.49. The Labute approximate surface area is 116 Å². The van der Waals surface area contributed by atoms with Gasteiger partial charge >= 0.3 is 0 Å². The van der Waals surface area contributed by atoms with Gasteiger partial charge in [0.05, 0.1) is 0 Å². The molecular weight excluding hydrogens is 323 g/mol. The fourth-order valence-corrected chi connectivity index (χ4v) is 2.56. The van der Waals surface area contributed by atoms with Crippen LogP contribution in [0, 0.1) is 0 Å². The van der Waals surface area contributed by atoms with Gasteiger partial charge in [-0.1, -0.05) is 48.6 Å². The van der Waals surface area contributed by atoms with Crippen molar-refractivity contribution in [3.8, 4) is 0 Å². The molecule has 2 nitrogen and oxygen atoms in total. The van der Waals surface area contributed by atoms with Crippen molar-refractivity contribution in [3.63, 3.8) is 0 Å². The minimum Gasteiger partial charge on any atom is -0.264 e. The SMILES string of the molecule is CC(C)(c1cccnc1)[C@@H](I)c1cccnc1. The summed E-state index contributed by atoms with van der Waals surface area (Å²) in [4.78, 5) is 8.40. The predicted molar refractivity (Wildman–Crippen MR) is 78.3 cm³/mol. The zero-order chi connectivity index (χ0) is 12.3. The fourth-order valence-electron chi connectivity index (χ4n) is 1.83. The van der Waals surface area contributed by atoms with Crippen LogP contribution in [0.3, 0.4) is 0 Å². The van der Waals surface area contributed by atoms with E-state index in [0.717, 1.165) is 0 Å². The Kier molecular flexibility index (Phi) is 3.76. The lowest BCUT2D eigenvalue weighted by atomic mass is 9.80. The molecular formula is C14H15IN2. The van der Waals surface area contributed by atoms with Gasteiger partial charge in [0.1, 0.15) is 0 Å². The van der Waals surface area contributed by atoms with Gasteiger partial charge in [0.15, 0.2) is 0 Å². The molecule has 0 bridgehead atoms. The Bertz CT molecular complexity index is 468. The second-order valence-electron chi connectivity index (χ2n) is 4.61. The Balaban J connectivity index is 2.33. The van der Waals surface area contributed by atoms with Gasteiger partial charge in [0.2, 0.25) is 0 Å². The van der Waals surface area contributed by atoms with E-state index in [-0.39, 0.29) is 5.41 Å². The van der Waals surface area contributed by atoms with Crippen molar-refractivity contribution in [3.05, 3.63) is 60.2 Å². The molecule has 2 aromatic heterocycles. The molecule has 3 heteroatoms. The largest absolute Gasteiger partial charge is 0.264 e. The fraction of sp³-hybridized carbons (Fsp3) is 0.286. The Morgan fingerprint density at radius 3 is 2.24 bits per heavy atom. The molecule has 0 N–H and O–H groups in total. The molecule has 17 heavy (non-hydrogen) atoms. The summed E-state index contributed by atoms with van der Waals surface area (Å²) < 4.78 is 0.373. The second kappa shape index (κ2) is 5.12. The molecule has 0 radical (unpaired) electrons. The monoisotopic (exact) mass is 338 g/mol. The number of pyridine rings is 2. The van der Waals surface area contributed by atoms with Gasteiger partial charge in [-0.05, 0) is 23.3 Å². The van der Waals surface area contributed by atoms with Crippen LogP contribution < -0.4 is 0 Å². The molecule has 2 rings (SSSR count). The quantitative estimate of drug-likeness (QED) is 0.626. The first-order valence-electron chi connectivity index (χ1n) is 5.57. The van der Waals surface area contributed by atoms with Crippen molar-refractivity contribution < 1.29 is 0 Å². The van der Waals surface area contributed by atoms with Crippen molar-refractivity contribution in [2.45, 2.75) is 23.2 Å². The van der Waals surface area contributed by atoms with Gasteiger partial charge in [-0.15, -0.1) is 0 Å². The normalized spacial score (nSPS) is 13.4. The summed E-state index contributed by atoms with van der Waals surface area (Å²) in [5.74, 6) is 0. The molecule has 0 aliphatic rings.